The Kier molecular flexibility index (Phi) is 2.66. The Morgan fingerprint density at radius 3 is 2.94 bits per heavy atom. The van der Waals surface area contributed by atoms with Crippen LogP contribution in [0.4, 0.5) is 0 Å². The van der Waals surface area contributed by atoms with E-state index in [0.717, 1.165) is 12.4 Å². The summed E-state index contributed by atoms with van der Waals surface area (Å²) in [4.78, 5) is 4.29. The number of hydrogen-bond acceptors (Lipinski definition) is 3. The molecule has 0 saturated heterocycles. The minimum atomic E-state index is -0.0179. The van der Waals surface area contributed by atoms with Crippen molar-refractivity contribution in [2.24, 2.45) is 0 Å². The summed E-state index contributed by atoms with van der Waals surface area (Å²) in [5, 5.41) is 9.05. The van der Waals surface area contributed by atoms with Crippen LogP contribution in [-0.2, 0) is 24.5 Å². The first kappa shape index (κ1) is 10.5. The molecule has 1 N–H and O–H groups in total. The molecule has 2 heterocycles. The van der Waals surface area contributed by atoms with Crippen LogP contribution in [0.15, 0.2) is 36.5 Å². The van der Waals surface area contributed by atoms with Gasteiger partial charge in [0.15, 0.2) is 0 Å². The minimum Gasteiger partial charge on any atom is -0.390 e. The Bertz CT molecular complexity index is 507. The van der Waals surface area contributed by atoms with Gasteiger partial charge in [0, 0.05) is 6.20 Å². The van der Waals surface area contributed by atoms with Crippen LogP contribution in [0.25, 0.3) is 0 Å². The van der Waals surface area contributed by atoms with Crippen LogP contribution in [0.5, 0.6) is 0 Å². The molecule has 0 saturated carbocycles. The highest BCUT2D eigenvalue weighted by molar-refractivity contribution is 5.18. The summed E-state index contributed by atoms with van der Waals surface area (Å²) in [7, 11) is 0. The summed E-state index contributed by atoms with van der Waals surface area (Å²) in [5.41, 5.74) is 1.88. The van der Waals surface area contributed by atoms with Gasteiger partial charge in [0.2, 0.25) is 0 Å². The average molecular weight is 230 g/mol. The van der Waals surface area contributed by atoms with Crippen molar-refractivity contribution >= 4 is 0 Å². The zero-order valence-electron chi connectivity index (χ0n) is 9.41. The van der Waals surface area contributed by atoms with Crippen LogP contribution in [-0.4, -0.2) is 14.7 Å². The third-order valence-corrected chi connectivity index (χ3v) is 3.02. The topological polar surface area (TPSA) is 47.3 Å². The van der Waals surface area contributed by atoms with E-state index in [4.69, 9.17) is 9.84 Å². The number of fused-ring (bicyclic) bond motifs is 1. The molecule has 0 radical (unpaired) electrons. The number of benzene rings is 1. The summed E-state index contributed by atoms with van der Waals surface area (Å²) < 4.78 is 7.85. The number of nitrogens with zero attached hydrogens (tertiary/aromatic N) is 2. The maximum Gasteiger partial charge on any atom is 0.135 e. The van der Waals surface area contributed by atoms with Gasteiger partial charge in [-0.2, -0.15) is 0 Å². The van der Waals surface area contributed by atoms with Crippen LogP contribution in [0.2, 0.25) is 0 Å². The molecule has 0 unspecified atom stereocenters. The van der Waals surface area contributed by atoms with Gasteiger partial charge in [-0.3, -0.25) is 0 Å². The molecule has 0 spiro atoms. The van der Waals surface area contributed by atoms with E-state index >= 15 is 0 Å². The van der Waals surface area contributed by atoms with Crippen molar-refractivity contribution in [1.82, 2.24) is 9.55 Å². The summed E-state index contributed by atoms with van der Waals surface area (Å²) >= 11 is 0. The first-order chi connectivity index (χ1) is 8.36. The van der Waals surface area contributed by atoms with Crippen molar-refractivity contribution in [2.45, 2.75) is 25.9 Å². The maximum atomic E-state index is 9.05. The highest BCUT2D eigenvalue weighted by Gasteiger charge is 2.21. The Labute approximate surface area is 99.5 Å². The third-order valence-electron chi connectivity index (χ3n) is 3.02. The second-order valence-electron chi connectivity index (χ2n) is 4.17. The molecule has 4 nitrogen and oxygen atoms in total. The highest BCUT2D eigenvalue weighted by Crippen LogP contribution is 2.26. The molecule has 0 bridgehead atoms. The number of aromatic nitrogens is 2. The molecule has 1 aromatic carbocycles. The predicted octanol–water partition coefficient (Wildman–Crippen LogP) is 1.65. The zero-order valence-corrected chi connectivity index (χ0v) is 9.41. The van der Waals surface area contributed by atoms with Crippen molar-refractivity contribution in [2.75, 3.05) is 0 Å². The van der Waals surface area contributed by atoms with E-state index in [0.29, 0.717) is 12.3 Å². The number of rotatable bonds is 2. The van der Waals surface area contributed by atoms with Gasteiger partial charge >= 0.3 is 0 Å². The number of hydrogen-bond donors (Lipinski definition) is 1. The van der Waals surface area contributed by atoms with Crippen LogP contribution >= 0.6 is 0 Å². The molecule has 0 amide bonds. The average Bonchev–Trinajstić information content (AvgIpc) is 2.81. The number of imidazole rings is 1. The molecule has 1 aromatic heterocycles. The molecule has 4 heteroatoms. The van der Waals surface area contributed by atoms with E-state index in [1.54, 1.807) is 0 Å². The lowest BCUT2D eigenvalue weighted by Crippen LogP contribution is -2.20. The van der Waals surface area contributed by atoms with Crippen LogP contribution in [0, 0.1) is 0 Å². The molecule has 0 fully saturated rings. The SMILES string of the molecule is OCc1cn2c(n1)CO[C@@H](c1ccccc1)C2. The van der Waals surface area contributed by atoms with Crippen LogP contribution < -0.4 is 0 Å². The molecule has 3 rings (SSSR count). The van der Waals surface area contributed by atoms with Gasteiger partial charge in [-0.05, 0) is 5.56 Å². The fourth-order valence-corrected chi connectivity index (χ4v) is 2.14. The van der Waals surface area contributed by atoms with Crippen molar-refractivity contribution in [3.8, 4) is 0 Å². The van der Waals surface area contributed by atoms with Gasteiger partial charge in [0.05, 0.1) is 18.8 Å². The lowest BCUT2D eigenvalue weighted by Gasteiger charge is -2.24. The molecular weight excluding hydrogens is 216 g/mol. The van der Waals surface area contributed by atoms with Crippen molar-refractivity contribution in [3.63, 3.8) is 0 Å². The standard InChI is InChI=1S/C13H14N2O2/c16-8-11-6-15-7-12(17-9-13(15)14-11)10-4-2-1-3-5-10/h1-6,12,16H,7-9H2/t12-/m1/s1. The van der Waals surface area contributed by atoms with Gasteiger partial charge in [0.25, 0.3) is 0 Å². The Morgan fingerprint density at radius 1 is 1.35 bits per heavy atom. The van der Waals surface area contributed by atoms with E-state index in [1.807, 2.05) is 24.4 Å². The number of aliphatic hydroxyl groups excluding tert-OH is 1. The number of ether oxygens (including phenoxy) is 1. The Hall–Kier alpha value is -1.65. The van der Waals surface area contributed by atoms with Crippen molar-refractivity contribution in [1.29, 1.82) is 0 Å². The first-order valence-electron chi connectivity index (χ1n) is 5.69. The van der Waals surface area contributed by atoms with Gasteiger partial charge in [-0.25, -0.2) is 4.98 Å². The third kappa shape index (κ3) is 1.97. The van der Waals surface area contributed by atoms with Gasteiger partial charge in [0.1, 0.15) is 18.5 Å². The van der Waals surface area contributed by atoms with Crippen molar-refractivity contribution in [3.05, 3.63) is 53.6 Å². The summed E-state index contributed by atoms with van der Waals surface area (Å²) in [6, 6.07) is 10.2. The second-order valence-corrected chi connectivity index (χ2v) is 4.17. The molecule has 17 heavy (non-hydrogen) atoms. The molecule has 88 valence electrons. The molecule has 1 aliphatic heterocycles. The van der Waals surface area contributed by atoms with Crippen LogP contribution in [0.1, 0.15) is 23.2 Å². The monoisotopic (exact) mass is 230 g/mol. The lowest BCUT2D eigenvalue weighted by molar-refractivity contribution is 0.000481. The smallest absolute Gasteiger partial charge is 0.135 e. The Balaban J connectivity index is 1.85. The lowest BCUT2D eigenvalue weighted by atomic mass is 10.1. The van der Waals surface area contributed by atoms with Crippen molar-refractivity contribution < 1.29 is 9.84 Å². The van der Waals surface area contributed by atoms with Gasteiger partial charge in [-0.1, -0.05) is 30.3 Å². The normalized spacial score (nSPS) is 19.0. The van der Waals surface area contributed by atoms with E-state index in [-0.39, 0.29) is 12.7 Å². The Morgan fingerprint density at radius 2 is 2.18 bits per heavy atom. The minimum absolute atomic E-state index is 0.0179. The summed E-state index contributed by atoms with van der Waals surface area (Å²) in [5.74, 6) is 0.890. The quantitative estimate of drug-likeness (QED) is 0.853. The fraction of sp³-hybridized carbons (Fsp3) is 0.308. The van der Waals surface area contributed by atoms with Crippen LogP contribution in [0.3, 0.4) is 0 Å². The van der Waals surface area contributed by atoms with E-state index in [1.165, 1.54) is 5.56 Å². The van der Waals surface area contributed by atoms with E-state index < -0.39 is 0 Å². The summed E-state index contributed by atoms with van der Waals surface area (Å²) in [6.07, 6.45) is 1.97. The predicted molar refractivity (Wildman–Crippen MR) is 62.1 cm³/mol. The molecule has 0 aliphatic carbocycles. The first-order valence-corrected chi connectivity index (χ1v) is 5.69. The zero-order chi connectivity index (χ0) is 11.7. The van der Waals surface area contributed by atoms with E-state index in [2.05, 4.69) is 21.7 Å². The van der Waals surface area contributed by atoms with Gasteiger partial charge in [-0.15, -0.1) is 0 Å². The fourth-order valence-electron chi connectivity index (χ4n) is 2.14. The maximum absolute atomic E-state index is 9.05. The van der Waals surface area contributed by atoms with E-state index in [9.17, 15) is 0 Å². The molecule has 1 aliphatic rings. The van der Waals surface area contributed by atoms with Gasteiger partial charge < -0.3 is 14.4 Å². The number of aliphatic hydroxyl groups is 1. The molecule has 2 aromatic rings. The highest BCUT2D eigenvalue weighted by atomic mass is 16.5. The largest absolute Gasteiger partial charge is 0.390 e. The molecular formula is C13H14N2O2. The molecule has 1 atom stereocenters. The second kappa shape index (κ2) is 4.31. The summed E-state index contributed by atoms with van der Waals surface area (Å²) in [6.45, 7) is 1.24.